The molecule has 0 saturated carbocycles. The molecule has 1 aliphatic heterocycles. The average molecular weight is 455 g/mol. The fourth-order valence-electron chi connectivity index (χ4n) is 3.05. The van der Waals surface area contributed by atoms with Crippen molar-refractivity contribution >= 4 is 34.2 Å². The van der Waals surface area contributed by atoms with E-state index in [-0.39, 0.29) is 5.91 Å². The highest BCUT2D eigenvalue weighted by molar-refractivity contribution is 14.1. The second-order valence-electron chi connectivity index (χ2n) is 6.09. The quantitative estimate of drug-likeness (QED) is 0.557. The van der Waals surface area contributed by atoms with E-state index in [1.165, 1.54) is 0 Å². The van der Waals surface area contributed by atoms with Gasteiger partial charge in [0, 0.05) is 22.2 Å². The van der Waals surface area contributed by atoms with Crippen LogP contribution in [0.1, 0.15) is 27.3 Å². The standard InChI is InChI=1S/C19H14IN5O/c1-12-2-5-16(10-13(12)11-21)24-9-8-17-18(19(24)26)25(23-22-17)15-6-3-14(20)4-7-15/h2-7,10H,8-9H2,1H3. The van der Waals surface area contributed by atoms with Crippen LogP contribution >= 0.6 is 22.6 Å². The Hall–Kier alpha value is -2.73. The Morgan fingerprint density at radius 3 is 2.62 bits per heavy atom. The zero-order chi connectivity index (χ0) is 18.3. The average Bonchev–Trinajstić information content (AvgIpc) is 3.08. The first-order valence-electron chi connectivity index (χ1n) is 8.11. The van der Waals surface area contributed by atoms with Gasteiger partial charge in [0.1, 0.15) is 0 Å². The fourth-order valence-corrected chi connectivity index (χ4v) is 3.41. The first kappa shape index (κ1) is 16.7. The van der Waals surface area contributed by atoms with E-state index in [2.05, 4.69) is 39.0 Å². The summed E-state index contributed by atoms with van der Waals surface area (Å²) in [5.74, 6) is -0.150. The zero-order valence-electron chi connectivity index (χ0n) is 14.0. The molecule has 1 amide bonds. The van der Waals surface area contributed by atoms with Gasteiger partial charge in [-0.05, 0) is 71.5 Å². The second kappa shape index (κ2) is 6.53. The van der Waals surface area contributed by atoms with Gasteiger partial charge in [-0.25, -0.2) is 4.68 Å². The third-order valence-corrected chi connectivity index (χ3v) is 5.20. The van der Waals surface area contributed by atoms with Gasteiger partial charge < -0.3 is 4.90 Å². The first-order chi connectivity index (χ1) is 12.6. The van der Waals surface area contributed by atoms with Crippen molar-refractivity contribution in [2.45, 2.75) is 13.3 Å². The number of hydrogen-bond acceptors (Lipinski definition) is 4. The number of fused-ring (bicyclic) bond motifs is 1. The van der Waals surface area contributed by atoms with Crippen LogP contribution < -0.4 is 4.90 Å². The summed E-state index contributed by atoms with van der Waals surface area (Å²) in [6, 6.07) is 15.4. The van der Waals surface area contributed by atoms with Crippen molar-refractivity contribution in [2.24, 2.45) is 0 Å². The van der Waals surface area contributed by atoms with Crippen LogP contribution in [0.2, 0.25) is 0 Å². The van der Waals surface area contributed by atoms with Crippen LogP contribution in [-0.4, -0.2) is 27.4 Å². The molecule has 0 fully saturated rings. The van der Waals surface area contributed by atoms with Gasteiger partial charge >= 0.3 is 0 Å². The molecule has 2 aromatic carbocycles. The number of carbonyl (C=O) groups excluding carboxylic acids is 1. The monoisotopic (exact) mass is 455 g/mol. The lowest BCUT2D eigenvalue weighted by atomic mass is 10.1. The number of halogens is 1. The largest absolute Gasteiger partial charge is 0.307 e. The molecule has 0 bridgehead atoms. The maximum atomic E-state index is 13.2. The van der Waals surface area contributed by atoms with Crippen LogP contribution in [0.5, 0.6) is 0 Å². The van der Waals surface area contributed by atoms with E-state index in [1.54, 1.807) is 15.6 Å². The Balaban J connectivity index is 1.76. The second-order valence-corrected chi connectivity index (χ2v) is 7.34. The van der Waals surface area contributed by atoms with E-state index in [9.17, 15) is 10.1 Å². The van der Waals surface area contributed by atoms with Crippen LogP contribution in [0.4, 0.5) is 5.69 Å². The van der Waals surface area contributed by atoms with Crippen LogP contribution in [0, 0.1) is 21.8 Å². The van der Waals surface area contributed by atoms with Crippen LogP contribution in [0.15, 0.2) is 42.5 Å². The molecule has 1 aromatic heterocycles. The Bertz CT molecular complexity index is 1050. The number of hydrogen-bond donors (Lipinski definition) is 0. The molecular weight excluding hydrogens is 441 g/mol. The summed E-state index contributed by atoms with van der Waals surface area (Å²) >= 11 is 2.24. The molecule has 4 rings (SSSR count). The van der Waals surface area contributed by atoms with E-state index in [0.717, 1.165) is 20.5 Å². The predicted molar refractivity (Wildman–Crippen MR) is 105 cm³/mol. The first-order valence-corrected chi connectivity index (χ1v) is 9.19. The van der Waals surface area contributed by atoms with Crippen LogP contribution in [0.25, 0.3) is 5.69 Å². The lowest BCUT2D eigenvalue weighted by Gasteiger charge is -2.27. The number of rotatable bonds is 2. The predicted octanol–water partition coefficient (Wildman–Crippen LogP) is 3.25. The number of benzene rings is 2. The molecule has 0 unspecified atom stereocenters. The van der Waals surface area contributed by atoms with Crippen molar-refractivity contribution in [1.29, 1.82) is 5.26 Å². The number of nitrogens with zero attached hydrogens (tertiary/aromatic N) is 5. The summed E-state index contributed by atoms with van der Waals surface area (Å²) in [5.41, 5.74) is 4.18. The highest BCUT2D eigenvalue weighted by Crippen LogP contribution is 2.26. The Labute approximate surface area is 164 Å². The van der Waals surface area contributed by atoms with E-state index < -0.39 is 0 Å². The van der Waals surface area contributed by atoms with Crippen molar-refractivity contribution in [3.63, 3.8) is 0 Å². The molecule has 2 heterocycles. The molecule has 1 aliphatic rings. The number of carbonyl (C=O) groups is 1. The third-order valence-electron chi connectivity index (χ3n) is 4.48. The van der Waals surface area contributed by atoms with E-state index in [4.69, 9.17) is 0 Å². The molecular formula is C19H14IN5O. The lowest BCUT2D eigenvalue weighted by Crippen LogP contribution is -2.38. The van der Waals surface area contributed by atoms with Gasteiger partial charge in [0.25, 0.3) is 5.91 Å². The lowest BCUT2D eigenvalue weighted by molar-refractivity contribution is 0.0973. The molecule has 7 heteroatoms. The van der Waals surface area contributed by atoms with Gasteiger partial charge in [0.05, 0.1) is 23.0 Å². The Morgan fingerprint density at radius 1 is 1.15 bits per heavy atom. The van der Waals surface area contributed by atoms with Gasteiger partial charge in [-0.1, -0.05) is 11.3 Å². The molecule has 0 N–H and O–H groups in total. The molecule has 128 valence electrons. The van der Waals surface area contributed by atoms with Gasteiger partial charge in [-0.3, -0.25) is 4.79 Å². The fraction of sp³-hybridized carbons (Fsp3) is 0.158. The molecule has 6 nitrogen and oxygen atoms in total. The number of aromatic nitrogens is 3. The summed E-state index contributed by atoms with van der Waals surface area (Å²) in [7, 11) is 0. The van der Waals surface area contributed by atoms with Crippen molar-refractivity contribution in [3.05, 3.63) is 68.5 Å². The van der Waals surface area contributed by atoms with Crippen LogP contribution in [-0.2, 0) is 6.42 Å². The van der Waals surface area contributed by atoms with Gasteiger partial charge in [0.2, 0.25) is 0 Å². The van der Waals surface area contributed by atoms with E-state index in [1.807, 2.05) is 43.3 Å². The molecule has 3 aromatic rings. The molecule has 0 radical (unpaired) electrons. The van der Waals surface area contributed by atoms with Crippen molar-refractivity contribution in [3.8, 4) is 11.8 Å². The number of nitriles is 1. The maximum absolute atomic E-state index is 13.2. The molecule has 0 saturated heterocycles. The van der Waals surface area contributed by atoms with Crippen molar-refractivity contribution in [2.75, 3.05) is 11.4 Å². The van der Waals surface area contributed by atoms with Crippen molar-refractivity contribution < 1.29 is 4.79 Å². The highest BCUT2D eigenvalue weighted by atomic mass is 127. The molecule has 26 heavy (non-hydrogen) atoms. The minimum atomic E-state index is -0.150. The SMILES string of the molecule is Cc1ccc(N2CCc3nnn(-c4ccc(I)cc4)c3C2=O)cc1C#N. The molecule has 0 atom stereocenters. The summed E-state index contributed by atoms with van der Waals surface area (Å²) in [4.78, 5) is 14.9. The highest BCUT2D eigenvalue weighted by Gasteiger charge is 2.31. The summed E-state index contributed by atoms with van der Waals surface area (Å²) in [6.45, 7) is 2.40. The van der Waals surface area contributed by atoms with Crippen molar-refractivity contribution in [1.82, 2.24) is 15.0 Å². The number of amides is 1. The van der Waals surface area contributed by atoms with E-state index in [0.29, 0.717) is 29.9 Å². The summed E-state index contributed by atoms with van der Waals surface area (Å²) in [5, 5.41) is 17.7. The normalized spacial score (nSPS) is 13.4. The summed E-state index contributed by atoms with van der Waals surface area (Å²) < 4.78 is 2.70. The smallest absolute Gasteiger partial charge is 0.278 e. The third kappa shape index (κ3) is 2.76. The Morgan fingerprint density at radius 2 is 1.88 bits per heavy atom. The van der Waals surface area contributed by atoms with Crippen LogP contribution in [0.3, 0.4) is 0 Å². The topological polar surface area (TPSA) is 74.8 Å². The Kier molecular flexibility index (Phi) is 4.20. The van der Waals surface area contributed by atoms with Gasteiger partial charge in [0.15, 0.2) is 5.69 Å². The minimum absolute atomic E-state index is 0.150. The van der Waals surface area contributed by atoms with E-state index >= 15 is 0 Å². The van der Waals surface area contributed by atoms with Gasteiger partial charge in [-0.2, -0.15) is 5.26 Å². The zero-order valence-corrected chi connectivity index (χ0v) is 16.1. The van der Waals surface area contributed by atoms with Gasteiger partial charge in [-0.15, -0.1) is 5.10 Å². The minimum Gasteiger partial charge on any atom is -0.307 e. The molecule has 0 aliphatic carbocycles. The maximum Gasteiger partial charge on any atom is 0.278 e. The number of aryl methyl sites for hydroxylation is 1. The molecule has 0 spiro atoms. The summed E-state index contributed by atoms with van der Waals surface area (Å²) in [6.07, 6.45) is 0.626. The number of anilines is 1.